The Bertz CT molecular complexity index is 715. The Morgan fingerprint density at radius 3 is 2.68 bits per heavy atom. The number of thiophene rings is 1. The molecule has 3 rings (SSSR count). The Balaban J connectivity index is 2.06. The molecule has 0 bridgehead atoms. The molecule has 0 atom stereocenters. The average molecular weight is 269 g/mol. The van der Waals surface area contributed by atoms with Crippen LogP contribution in [0.1, 0.15) is 21.6 Å². The summed E-state index contributed by atoms with van der Waals surface area (Å²) in [5.41, 5.74) is 3.00. The fourth-order valence-electron chi connectivity index (χ4n) is 1.88. The van der Waals surface area contributed by atoms with Gasteiger partial charge in [-0.2, -0.15) is 11.3 Å². The normalized spacial score (nSPS) is 10.6. The lowest BCUT2D eigenvalue weighted by molar-refractivity contribution is 0.103. The minimum absolute atomic E-state index is 0.0485. The van der Waals surface area contributed by atoms with Crippen LogP contribution in [0.25, 0.3) is 5.69 Å². The van der Waals surface area contributed by atoms with Crippen molar-refractivity contribution in [2.24, 2.45) is 0 Å². The average Bonchev–Trinajstić information content (AvgIpc) is 3.07. The second-order valence-corrected chi connectivity index (χ2v) is 4.91. The lowest BCUT2D eigenvalue weighted by atomic mass is 10.1. The van der Waals surface area contributed by atoms with Crippen LogP contribution in [0.15, 0.2) is 47.3 Å². The second kappa shape index (κ2) is 4.78. The quantitative estimate of drug-likeness (QED) is 0.687. The van der Waals surface area contributed by atoms with Crippen LogP contribution in [0, 0.1) is 6.92 Å². The third-order valence-corrected chi connectivity index (χ3v) is 3.74. The van der Waals surface area contributed by atoms with Crippen LogP contribution in [-0.2, 0) is 0 Å². The third-order valence-electron chi connectivity index (χ3n) is 2.88. The van der Waals surface area contributed by atoms with Crippen LogP contribution in [0.2, 0.25) is 0 Å². The van der Waals surface area contributed by atoms with Gasteiger partial charge < -0.3 is 0 Å². The monoisotopic (exact) mass is 269 g/mol. The van der Waals surface area contributed by atoms with E-state index in [1.54, 1.807) is 4.68 Å². The van der Waals surface area contributed by atoms with E-state index >= 15 is 0 Å². The highest BCUT2D eigenvalue weighted by molar-refractivity contribution is 7.08. The summed E-state index contributed by atoms with van der Waals surface area (Å²) in [6, 6.07) is 9.52. The molecule has 3 aromatic rings. The number of para-hydroxylation sites is 1. The summed E-state index contributed by atoms with van der Waals surface area (Å²) in [6.45, 7) is 1.93. The molecular formula is C14H11N3OS. The minimum atomic E-state index is -0.0485. The van der Waals surface area contributed by atoms with Crippen LogP contribution in [-0.4, -0.2) is 20.8 Å². The molecule has 0 spiro atoms. The van der Waals surface area contributed by atoms with Gasteiger partial charge in [0.25, 0.3) is 0 Å². The highest BCUT2D eigenvalue weighted by Crippen LogP contribution is 2.19. The number of carbonyl (C=O) groups excluding carboxylic acids is 1. The number of benzene rings is 1. The SMILES string of the molecule is Cc1cscc1C(=O)c1cnnn1-c1ccccc1. The molecule has 0 aliphatic carbocycles. The zero-order chi connectivity index (χ0) is 13.2. The van der Waals surface area contributed by atoms with Crippen LogP contribution in [0.5, 0.6) is 0 Å². The van der Waals surface area contributed by atoms with E-state index in [0.29, 0.717) is 11.3 Å². The van der Waals surface area contributed by atoms with E-state index in [9.17, 15) is 4.79 Å². The first-order chi connectivity index (χ1) is 9.27. The number of aromatic nitrogens is 3. The fraction of sp³-hybridized carbons (Fsp3) is 0.0714. The van der Waals surface area contributed by atoms with E-state index in [4.69, 9.17) is 0 Å². The first-order valence-electron chi connectivity index (χ1n) is 5.81. The zero-order valence-electron chi connectivity index (χ0n) is 10.3. The molecule has 0 saturated carbocycles. The van der Waals surface area contributed by atoms with E-state index in [1.165, 1.54) is 17.5 Å². The van der Waals surface area contributed by atoms with Crippen LogP contribution in [0.3, 0.4) is 0 Å². The molecule has 0 aliphatic heterocycles. The van der Waals surface area contributed by atoms with Gasteiger partial charge in [-0.05, 0) is 30.0 Å². The molecule has 0 saturated heterocycles. The number of hydrogen-bond acceptors (Lipinski definition) is 4. The molecule has 0 aliphatic rings. The highest BCUT2D eigenvalue weighted by Gasteiger charge is 2.18. The molecule has 4 nitrogen and oxygen atoms in total. The standard InChI is InChI=1S/C14H11N3OS/c1-10-8-19-9-12(10)14(18)13-7-15-16-17(13)11-5-3-2-4-6-11/h2-9H,1H3. The summed E-state index contributed by atoms with van der Waals surface area (Å²) >= 11 is 1.52. The van der Waals surface area contributed by atoms with Crippen molar-refractivity contribution in [2.75, 3.05) is 0 Å². The summed E-state index contributed by atoms with van der Waals surface area (Å²) in [4.78, 5) is 12.5. The van der Waals surface area contributed by atoms with E-state index in [1.807, 2.05) is 48.0 Å². The van der Waals surface area contributed by atoms with Crippen molar-refractivity contribution in [3.8, 4) is 5.69 Å². The lowest BCUT2D eigenvalue weighted by Gasteiger charge is -2.04. The summed E-state index contributed by atoms with van der Waals surface area (Å²) in [7, 11) is 0. The topological polar surface area (TPSA) is 47.8 Å². The molecule has 0 unspecified atom stereocenters. The zero-order valence-corrected chi connectivity index (χ0v) is 11.1. The molecule has 0 radical (unpaired) electrons. The molecule has 0 N–H and O–H groups in total. The highest BCUT2D eigenvalue weighted by atomic mass is 32.1. The van der Waals surface area contributed by atoms with Crippen molar-refractivity contribution in [2.45, 2.75) is 6.92 Å². The molecule has 94 valence electrons. The van der Waals surface area contributed by atoms with Crippen LogP contribution in [0.4, 0.5) is 0 Å². The molecular weight excluding hydrogens is 258 g/mol. The first-order valence-corrected chi connectivity index (χ1v) is 6.75. The summed E-state index contributed by atoms with van der Waals surface area (Å²) in [5.74, 6) is -0.0485. The van der Waals surface area contributed by atoms with Crippen molar-refractivity contribution in [1.29, 1.82) is 0 Å². The summed E-state index contributed by atoms with van der Waals surface area (Å²) < 4.78 is 1.57. The van der Waals surface area contributed by atoms with Crippen molar-refractivity contribution < 1.29 is 4.79 Å². The molecule has 5 heteroatoms. The van der Waals surface area contributed by atoms with E-state index < -0.39 is 0 Å². The Kier molecular flexibility index (Phi) is 2.97. The maximum Gasteiger partial charge on any atom is 0.214 e. The summed E-state index contributed by atoms with van der Waals surface area (Å²) in [6.07, 6.45) is 1.51. The summed E-state index contributed by atoms with van der Waals surface area (Å²) in [5, 5.41) is 11.7. The van der Waals surface area contributed by atoms with Gasteiger partial charge in [0.1, 0.15) is 5.69 Å². The van der Waals surface area contributed by atoms with Gasteiger partial charge in [0.2, 0.25) is 5.78 Å². The van der Waals surface area contributed by atoms with Crippen molar-refractivity contribution in [3.05, 3.63) is 64.1 Å². The number of rotatable bonds is 3. The van der Waals surface area contributed by atoms with Crippen LogP contribution >= 0.6 is 11.3 Å². The number of carbonyl (C=O) groups is 1. The third kappa shape index (κ3) is 2.08. The van der Waals surface area contributed by atoms with E-state index in [0.717, 1.165) is 11.3 Å². The van der Waals surface area contributed by atoms with Gasteiger partial charge in [0.05, 0.1) is 11.9 Å². The van der Waals surface area contributed by atoms with E-state index in [2.05, 4.69) is 10.3 Å². The van der Waals surface area contributed by atoms with Gasteiger partial charge in [-0.3, -0.25) is 4.79 Å². The number of nitrogens with zero attached hydrogens (tertiary/aromatic N) is 3. The number of aryl methyl sites for hydroxylation is 1. The van der Waals surface area contributed by atoms with Gasteiger partial charge in [-0.1, -0.05) is 23.4 Å². The predicted octanol–water partition coefficient (Wildman–Crippen LogP) is 2.87. The molecule has 2 aromatic heterocycles. The Morgan fingerprint density at radius 1 is 1.21 bits per heavy atom. The molecule has 0 fully saturated rings. The molecule has 1 aromatic carbocycles. The van der Waals surface area contributed by atoms with Gasteiger partial charge >= 0.3 is 0 Å². The minimum Gasteiger partial charge on any atom is -0.287 e. The number of hydrogen-bond donors (Lipinski definition) is 0. The molecule has 2 heterocycles. The van der Waals surface area contributed by atoms with Crippen molar-refractivity contribution in [3.63, 3.8) is 0 Å². The Labute approximate surface area is 114 Å². The van der Waals surface area contributed by atoms with Gasteiger partial charge in [-0.25, -0.2) is 4.68 Å². The molecule has 19 heavy (non-hydrogen) atoms. The Hall–Kier alpha value is -2.27. The van der Waals surface area contributed by atoms with Crippen molar-refractivity contribution >= 4 is 17.1 Å². The fourth-order valence-corrected chi connectivity index (χ4v) is 2.71. The van der Waals surface area contributed by atoms with E-state index in [-0.39, 0.29) is 5.78 Å². The van der Waals surface area contributed by atoms with Crippen molar-refractivity contribution in [1.82, 2.24) is 15.0 Å². The smallest absolute Gasteiger partial charge is 0.214 e. The number of ketones is 1. The maximum absolute atomic E-state index is 12.5. The van der Waals surface area contributed by atoms with Gasteiger partial charge in [-0.15, -0.1) is 5.10 Å². The molecule has 0 amide bonds. The second-order valence-electron chi connectivity index (χ2n) is 4.16. The van der Waals surface area contributed by atoms with Gasteiger partial charge in [0, 0.05) is 10.9 Å². The Morgan fingerprint density at radius 2 is 2.00 bits per heavy atom. The lowest BCUT2D eigenvalue weighted by Crippen LogP contribution is -2.10. The predicted molar refractivity (Wildman–Crippen MR) is 73.8 cm³/mol. The maximum atomic E-state index is 12.5. The van der Waals surface area contributed by atoms with Gasteiger partial charge in [0.15, 0.2) is 0 Å². The first kappa shape index (κ1) is 11.8. The van der Waals surface area contributed by atoms with Crippen LogP contribution < -0.4 is 0 Å². The largest absolute Gasteiger partial charge is 0.287 e.